The van der Waals surface area contributed by atoms with E-state index in [1.807, 2.05) is 0 Å². The van der Waals surface area contributed by atoms with Crippen molar-refractivity contribution < 1.29 is 29.3 Å². The zero-order valence-electron chi connectivity index (χ0n) is 31.9. The first kappa shape index (κ1) is 48.5. The second-order valence-electron chi connectivity index (χ2n) is 13.3. The van der Waals surface area contributed by atoms with E-state index < -0.39 is 0 Å². The summed E-state index contributed by atoms with van der Waals surface area (Å²) in [6.07, 6.45) is 44.6. The van der Waals surface area contributed by atoms with Crippen LogP contribution in [0, 0.1) is 0 Å². The quantitative estimate of drug-likeness (QED) is 0.0389. The SMILES string of the molecule is CCCCCCCC/C=C\CCCCCCCC(=O)OCCCCOC(=O)CCCCCCC/C=C\CCCCCCCC.OCCO. The summed E-state index contributed by atoms with van der Waals surface area (Å²) in [5.74, 6) is -0.187. The lowest BCUT2D eigenvalue weighted by Crippen LogP contribution is -2.08. The van der Waals surface area contributed by atoms with Crippen molar-refractivity contribution >= 4 is 11.9 Å². The highest BCUT2D eigenvalue weighted by molar-refractivity contribution is 5.69. The Labute approximate surface area is 297 Å². The fraction of sp³-hybridized carbons (Fsp3) is 0.857. The van der Waals surface area contributed by atoms with Gasteiger partial charge in [-0.1, -0.05) is 141 Å². The molecule has 0 saturated heterocycles. The molecule has 48 heavy (non-hydrogen) atoms. The van der Waals surface area contributed by atoms with Gasteiger partial charge in [0.2, 0.25) is 0 Å². The molecule has 0 amide bonds. The summed E-state index contributed by atoms with van der Waals surface area (Å²) in [6.45, 7) is 5.14. The molecule has 0 fully saturated rings. The Bertz CT molecular complexity index is 632. The van der Waals surface area contributed by atoms with E-state index in [2.05, 4.69) is 38.2 Å². The summed E-state index contributed by atoms with van der Waals surface area (Å²) >= 11 is 0. The van der Waals surface area contributed by atoms with E-state index in [9.17, 15) is 9.59 Å². The summed E-state index contributed by atoms with van der Waals surface area (Å²) in [4.78, 5) is 23.8. The van der Waals surface area contributed by atoms with Crippen LogP contribution in [0.2, 0.25) is 0 Å². The Morgan fingerprint density at radius 1 is 0.396 bits per heavy atom. The van der Waals surface area contributed by atoms with Gasteiger partial charge in [0.05, 0.1) is 26.4 Å². The van der Waals surface area contributed by atoms with E-state index >= 15 is 0 Å². The number of carbonyl (C=O) groups excluding carboxylic acids is 2. The summed E-state index contributed by atoms with van der Waals surface area (Å²) in [5, 5.41) is 15.2. The van der Waals surface area contributed by atoms with Crippen molar-refractivity contribution in [3.05, 3.63) is 24.3 Å². The predicted octanol–water partition coefficient (Wildman–Crippen LogP) is 11.9. The molecule has 284 valence electrons. The monoisotopic (exact) mass is 681 g/mol. The van der Waals surface area contributed by atoms with Gasteiger partial charge in [-0.05, 0) is 77.0 Å². The maximum absolute atomic E-state index is 11.9. The molecule has 0 aliphatic rings. The van der Waals surface area contributed by atoms with Crippen LogP contribution in [0.25, 0.3) is 0 Å². The van der Waals surface area contributed by atoms with E-state index in [0.29, 0.717) is 26.1 Å². The summed E-state index contributed by atoms with van der Waals surface area (Å²) in [5.41, 5.74) is 0. The highest BCUT2D eigenvalue weighted by Crippen LogP contribution is 2.12. The first-order valence-electron chi connectivity index (χ1n) is 20.4. The minimum Gasteiger partial charge on any atom is -0.466 e. The third-order valence-corrected chi connectivity index (χ3v) is 8.45. The van der Waals surface area contributed by atoms with Gasteiger partial charge in [0, 0.05) is 12.8 Å². The number of carbonyl (C=O) groups is 2. The average molecular weight is 681 g/mol. The zero-order valence-corrected chi connectivity index (χ0v) is 31.9. The second-order valence-corrected chi connectivity index (χ2v) is 13.3. The van der Waals surface area contributed by atoms with Crippen molar-refractivity contribution in [3.63, 3.8) is 0 Å². The largest absolute Gasteiger partial charge is 0.466 e. The molecule has 0 aliphatic heterocycles. The van der Waals surface area contributed by atoms with Gasteiger partial charge in [0.1, 0.15) is 0 Å². The van der Waals surface area contributed by atoms with Crippen LogP contribution in [0.3, 0.4) is 0 Å². The Morgan fingerprint density at radius 2 is 0.667 bits per heavy atom. The Balaban J connectivity index is 0. The van der Waals surface area contributed by atoms with Crippen molar-refractivity contribution in [1.29, 1.82) is 0 Å². The van der Waals surface area contributed by atoms with Crippen molar-refractivity contribution in [3.8, 4) is 0 Å². The molecule has 0 atom stereocenters. The van der Waals surface area contributed by atoms with Crippen LogP contribution in [0.15, 0.2) is 24.3 Å². The van der Waals surface area contributed by atoms with Crippen molar-refractivity contribution in [2.45, 2.75) is 206 Å². The number of aliphatic hydroxyl groups is 2. The molecule has 0 aromatic rings. The molecule has 0 aliphatic carbocycles. The molecular weight excluding hydrogens is 600 g/mol. The normalized spacial score (nSPS) is 11.2. The molecule has 0 spiro atoms. The van der Waals surface area contributed by atoms with Gasteiger partial charge in [0.15, 0.2) is 0 Å². The zero-order chi connectivity index (χ0) is 35.4. The molecule has 2 N–H and O–H groups in total. The van der Waals surface area contributed by atoms with Gasteiger partial charge in [-0.15, -0.1) is 0 Å². The highest BCUT2D eigenvalue weighted by Gasteiger charge is 2.05. The van der Waals surface area contributed by atoms with Gasteiger partial charge >= 0.3 is 11.9 Å². The van der Waals surface area contributed by atoms with Gasteiger partial charge < -0.3 is 19.7 Å². The molecule has 0 aromatic heterocycles. The predicted molar refractivity (Wildman–Crippen MR) is 204 cm³/mol. The highest BCUT2D eigenvalue weighted by atomic mass is 16.5. The van der Waals surface area contributed by atoms with E-state index in [-0.39, 0.29) is 25.2 Å². The molecule has 6 nitrogen and oxygen atoms in total. The molecule has 0 heterocycles. The van der Waals surface area contributed by atoms with Crippen LogP contribution in [0.1, 0.15) is 206 Å². The molecule has 0 bridgehead atoms. The van der Waals surface area contributed by atoms with Gasteiger partial charge in [-0.25, -0.2) is 0 Å². The molecule has 0 radical (unpaired) electrons. The molecular formula is C42H80O6. The van der Waals surface area contributed by atoms with Crippen molar-refractivity contribution in [2.24, 2.45) is 0 Å². The fourth-order valence-electron chi connectivity index (χ4n) is 5.40. The lowest BCUT2D eigenvalue weighted by Gasteiger charge is -2.06. The number of aliphatic hydroxyl groups excluding tert-OH is 2. The molecule has 0 saturated carbocycles. The van der Waals surface area contributed by atoms with Crippen molar-refractivity contribution in [2.75, 3.05) is 26.4 Å². The van der Waals surface area contributed by atoms with E-state index in [0.717, 1.165) is 38.5 Å². The van der Waals surface area contributed by atoms with E-state index in [1.165, 1.54) is 141 Å². The summed E-state index contributed by atoms with van der Waals surface area (Å²) < 4.78 is 10.7. The maximum atomic E-state index is 11.9. The van der Waals surface area contributed by atoms with E-state index in [4.69, 9.17) is 19.7 Å². The number of hydrogen-bond donors (Lipinski definition) is 2. The lowest BCUT2D eigenvalue weighted by molar-refractivity contribution is -0.146. The van der Waals surface area contributed by atoms with Crippen LogP contribution in [0.4, 0.5) is 0 Å². The third-order valence-electron chi connectivity index (χ3n) is 8.45. The average Bonchev–Trinajstić information content (AvgIpc) is 3.09. The van der Waals surface area contributed by atoms with E-state index in [1.54, 1.807) is 0 Å². The molecule has 0 aromatic carbocycles. The first-order chi connectivity index (χ1) is 23.6. The van der Waals surface area contributed by atoms with Gasteiger partial charge in [-0.3, -0.25) is 9.59 Å². The molecule has 0 unspecified atom stereocenters. The van der Waals surface area contributed by atoms with Crippen LogP contribution in [-0.2, 0) is 19.1 Å². The number of ether oxygens (including phenoxy) is 2. The minimum atomic E-state index is -0.125. The number of hydrogen-bond acceptors (Lipinski definition) is 6. The summed E-state index contributed by atoms with van der Waals surface area (Å²) in [6, 6.07) is 0. The third kappa shape index (κ3) is 46.5. The van der Waals surface area contributed by atoms with Crippen LogP contribution in [-0.4, -0.2) is 48.6 Å². The minimum absolute atomic E-state index is 0.0937. The summed E-state index contributed by atoms with van der Waals surface area (Å²) in [7, 11) is 0. The Morgan fingerprint density at radius 3 is 0.958 bits per heavy atom. The Hall–Kier alpha value is -1.66. The number of esters is 2. The second kappa shape index (κ2) is 45.3. The first-order valence-corrected chi connectivity index (χ1v) is 20.4. The van der Waals surface area contributed by atoms with Gasteiger partial charge in [-0.2, -0.15) is 0 Å². The van der Waals surface area contributed by atoms with Crippen LogP contribution < -0.4 is 0 Å². The fourth-order valence-corrected chi connectivity index (χ4v) is 5.40. The Kier molecular flexibility index (Phi) is 45.8. The maximum Gasteiger partial charge on any atom is 0.305 e. The number of rotatable bonds is 36. The topological polar surface area (TPSA) is 93.1 Å². The van der Waals surface area contributed by atoms with Crippen LogP contribution >= 0.6 is 0 Å². The smallest absolute Gasteiger partial charge is 0.305 e. The van der Waals surface area contributed by atoms with Crippen LogP contribution in [0.5, 0.6) is 0 Å². The standard InChI is InChI=1S/C40H74O4.C2H6O2/c1-3-5-7-9-11-13-15-17-19-21-23-25-27-29-31-35-39(41)43-37-33-34-38-44-40(42)36-32-30-28-26-24-22-20-18-16-14-12-10-8-6-4-2;3-1-2-4/h17-20H,3-16,21-38H2,1-2H3;3-4H,1-2H2/b19-17-,20-18-;. The number of unbranched alkanes of at least 4 members (excludes halogenated alkanes) is 23. The lowest BCUT2D eigenvalue weighted by atomic mass is 10.1. The van der Waals surface area contributed by atoms with Gasteiger partial charge in [0.25, 0.3) is 0 Å². The van der Waals surface area contributed by atoms with Crippen molar-refractivity contribution in [1.82, 2.24) is 0 Å². The molecule has 6 heteroatoms. The molecule has 0 rings (SSSR count). The number of allylic oxidation sites excluding steroid dienone is 4.